The monoisotopic (exact) mass is 1490 g/mol. The van der Waals surface area contributed by atoms with E-state index in [9.17, 15) is 79.6 Å². The molecule has 0 radical (unpaired) electrons. The first kappa shape index (κ1) is 78.1. The lowest BCUT2D eigenvalue weighted by atomic mass is 9.87. The molecule has 24 nitrogen and oxygen atoms in total. The number of benzene rings is 8. The number of aromatic carboxylic acids is 4. The SMILES string of the molecule is CC(C)(C)c1cc2c(OCC(=O)N(O)c3ccc(C(=O)O)cc3)c(c1)Sc1cc(C(C)(C)C)cc(c1OCC(=O)N(O)c1ccc(C(=O)O)cc1)Sc1cc(C(C)(C)C)cc(c1OCC(=O)N(O)c1ccc(C(=O)O)cc1)Sc1cc(C(C)(C)C)cc(c1OCC(=O)N(O)c1ccc(C(=O)O)cc1)S2. The van der Waals surface area contributed by atoms with E-state index in [2.05, 4.69) is 0 Å². The minimum atomic E-state index is -1.24. The number of rotatable bonds is 20. The Labute approximate surface area is 615 Å². The van der Waals surface area contributed by atoms with Crippen molar-refractivity contribution in [2.45, 2.75) is 144 Å². The molecule has 4 amide bonds. The number of hydroxylamine groups is 4. The fraction of sp³-hybridized carbons (Fsp3) is 0.263. The molecule has 544 valence electrons. The number of nitrogens with zero attached hydrogens (tertiary/aromatic N) is 4. The highest BCUT2D eigenvalue weighted by molar-refractivity contribution is 8.01. The van der Waals surface area contributed by atoms with Crippen LogP contribution in [0.25, 0.3) is 0 Å². The number of carbonyl (C=O) groups excluding carboxylic acids is 4. The molecule has 1 aliphatic heterocycles. The molecule has 0 aliphatic carbocycles. The maximum Gasteiger partial charge on any atom is 0.335 e. The van der Waals surface area contributed by atoms with Crippen LogP contribution in [-0.2, 0) is 40.8 Å². The van der Waals surface area contributed by atoms with Gasteiger partial charge < -0.3 is 39.4 Å². The van der Waals surface area contributed by atoms with Gasteiger partial charge in [-0.05, 0) is 190 Å². The Morgan fingerprint density at radius 1 is 0.279 bits per heavy atom. The lowest BCUT2D eigenvalue weighted by Gasteiger charge is -2.28. The minimum absolute atomic E-state index is 0.0479. The fourth-order valence-electron chi connectivity index (χ4n) is 10.0. The van der Waals surface area contributed by atoms with Gasteiger partial charge in [0, 0.05) is 0 Å². The van der Waals surface area contributed by atoms with Gasteiger partial charge in [0.05, 0.1) is 84.2 Å². The first-order valence-electron chi connectivity index (χ1n) is 32.0. The van der Waals surface area contributed by atoms with Crippen molar-refractivity contribution >= 4 is 117 Å². The molecule has 0 fully saturated rings. The normalized spacial score (nSPS) is 12.3. The second kappa shape index (κ2) is 31.5. The van der Waals surface area contributed by atoms with Gasteiger partial charge in [-0.25, -0.2) is 19.2 Å². The van der Waals surface area contributed by atoms with Crippen LogP contribution in [-0.4, -0.2) is 115 Å². The molecule has 8 bridgehead atoms. The molecule has 28 heteroatoms. The summed E-state index contributed by atoms with van der Waals surface area (Å²) in [6.45, 7) is 20.3. The maximum atomic E-state index is 14.4. The first-order chi connectivity index (χ1) is 48.7. The number of hydrogen-bond donors (Lipinski definition) is 8. The van der Waals surface area contributed by atoms with Crippen LogP contribution < -0.4 is 39.2 Å². The molecule has 8 N–H and O–H groups in total. The summed E-state index contributed by atoms with van der Waals surface area (Å²) in [5.41, 5.74) is -0.668. The Morgan fingerprint density at radius 3 is 0.548 bits per heavy atom. The molecular formula is C76H76N4O20S4. The van der Waals surface area contributed by atoms with Gasteiger partial charge in [0.25, 0.3) is 23.6 Å². The lowest BCUT2D eigenvalue weighted by Crippen LogP contribution is -2.32. The van der Waals surface area contributed by atoms with Gasteiger partial charge in [0.15, 0.2) is 26.4 Å². The highest BCUT2D eigenvalue weighted by Gasteiger charge is 2.33. The Balaban J connectivity index is 1.34. The van der Waals surface area contributed by atoms with Crippen LogP contribution in [0, 0.1) is 0 Å². The van der Waals surface area contributed by atoms with Gasteiger partial charge in [-0.15, -0.1) is 0 Å². The number of hydrogen-bond acceptors (Lipinski definition) is 20. The van der Waals surface area contributed by atoms with Gasteiger partial charge in [0.1, 0.15) is 23.0 Å². The van der Waals surface area contributed by atoms with Crippen LogP contribution >= 0.6 is 47.0 Å². The van der Waals surface area contributed by atoms with E-state index in [1.807, 2.05) is 132 Å². The second-order valence-electron chi connectivity index (χ2n) is 28.0. The van der Waals surface area contributed by atoms with Gasteiger partial charge in [-0.3, -0.25) is 40.0 Å². The zero-order chi connectivity index (χ0) is 76.2. The molecule has 8 aromatic carbocycles. The van der Waals surface area contributed by atoms with Crippen LogP contribution in [0.1, 0.15) is 147 Å². The summed E-state index contributed by atoms with van der Waals surface area (Å²) in [7, 11) is 0. The molecule has 0 unspecified atom stereocenters. The van der Waals surface area contributed by atoms with E-state index < -0.39 is 95.6 Å². The van der Waals surface area contributed by atoms with Gasteiger partial charge >= 0.3 is 23.9 Å². The predicted octanol–water partition coefficient (Wildman–Crippen LogP) is 15.8. The molecular weight excluding hydrogens is 1420 g/mol. The van der Waals surface area contributed by atoms with Crippen molar-refractivity contribution in [2.75, 3.05) is 46.7 Å². The molecule has 0 spiro atoms. The van der Waals surface area contributed by atoms with Crippen LogP contribution in [0.15, 0.2) is 185 Å². The topological polar surface area (TPSA) is 348 Å². The highest BCUT2D eigenvalue weighted by atomic mass is 32.2. The standard InChI is InChI=1S/C76H76N4O20S4/c1-73(2,3)45-29-53-65(97-37-61(81)77(93)49-21-13-41(14-22-49)69(85)86)54(30-45)102-56-32-47(75(7,8)9)34-58(67(56)99-39-63(83)79(95)51-25-17-43(18-26-51)71(89)90)104-60-36-48(76(10,11)12)35-59(68(60)100-40-64(84)80(96)52-27-19-44(20-28-52)72(91)92)103-57-33-46(74(4,5)6)31-55(101-53)66(57)98-38-62(82)78(94)50-23-15-42(16-24-50)70(87)88/h13-36,93-96H,37-40H2,1-12H3,(H,85,86)(H,87,88)(H,89,90)(H,91,92). The number of carboxylic acid groups (broad SMARTS) is 4. The fourth-order valence-corrected chi connectivity index (χ4v) is 14.8. The van der Waals surface area contributed by atoms with Crippen molar-refractivity contribution in [3.63, 3.8) is 0 Å². The number of amides is 4. The number of anilines is 4. The molecule has 9 rings (SSSR count). The highest BCUT2D eigenvalue weighted by Crippen LogP contribution is 2.57. The zero-order valence-electron chi connectivity index (χ0n) is 58.6. The number of ether oxygens (including phenoxy) is 4. The Bertz CT molecular complexity index is 3980. The number of carboxylic acids is 4. The van der Waals surface area contributed by atoms with Crippen LogP contribution in [0.3, 0.4) is 0 Å². The van der Waals surface area contributed by atoms with Crippen molar-refractivity contribution in [3.8, 4) is 23.0 Å². The molecule has 8 aromatic rings. The summed E-state index contributed by atoms with van der Waals surface area (Å²) < 4.78 is 27.0. The van der Waals surface area contributed by atoms with E-state index in [-0.39, 0.29) is 68.0 Å². The van der Waals surface area contributed by atoms with Crippen molar-refractivity contribution < 1.29 is 98.6 Å². The molecule has 1 aliphatic rings. The van der Waals surface area contributed by atoms with Crippen molar-refractivity contribution in [2.24, 2.45) is 0 Å². The molecule has 0 saturated carbocycles. The third kappa shape index (κ3) is 18.7. The zero-order valence-corrected chi connectivity index (χ0v) is 61.8. The average Bonchev–Trinajstić information content (AvgIpc) is 0.761. The molecule has 0 saturated heterocycles. The number of fused-ring (bicyclic) bond motifs is 8. The maximum absolute atomic E-state index is 14.4. The van der Waals surface area contributed by atoms with Crippen molar-refractivity contribution in [1.82, 2.24) is 0 Å². The molecule has 1 heterocycles. The van der Waals surface area contributed by atoms with Crippen LogP contribution in [0.2, 0.25) is 0 Å². The lowest BCUT2D eigenvalue weighted by molar-refractivity contribution is -0.126. The van der Waals surface area contributed by atoms with E-state index in [0.717, 1.165) is 47.0 Å². The quantitative estimate of drug-likeness (QED) is 0.0259. The first-order valence-corrected chi connectivity index (χ1v) is 35.3. The number of carbonyl (C=O) groups is 8. The van der Waals surface area contributed by atoms with Crippen molar-refractivity contribution in [1.29, 1.82) is 0 Å². The molecule has 0 atom stereocenters. The molecule has 104 heavy (non-hydrogen) atoms. The summed E-state index contributed by atoms with van der Waals surface area (Å²) in [5.74, 6) is -8.77. The van der Waals surface area contributed by atoms with E-state index in [0.29, 0.717) is 81.7 Å². The van der Waals surface area contributed by atoms with E-state index in [1.165, 1.54) is 97.1 Å². The van der Waals surface area contributed by atoms with E-state index in [4.69, 9.17) is 18.9 Å². The van der Waals surface area contributed by atoms with Crippen molar-refractivity contribution in [3.05, 3.63) is 190 Å². The predicted molar refractivity (Wildman–Crippen MR) is 390 cm³/mol. The van der Waals surface area contributed by atoms with E-state index in [1.54, 1.807) is 0 Å². The molecule has 0 aromatic heterocycles. The summed E-state index contributed by atoms with van der Waals surface area (Å²) in [6.07, 6.45) is 0. The summed E-state index contributed by atoms with van der Waals surface area (Å²) in [4.78, 5) is 107. The summed E-state index contributed by atoms with van der Waals surface area (Å²) >= 11 is 4.38. The third-order valence-corrected chi connectivity index (χ3v) is 20.4. The van der Waals surface area contributed by atoms with Gasteiger partial charge in [-0.2, -0.15) is 20.3 Å². The van der Waals surface area contributed by atoms with Gasteiger partial charge in [-0.1, -0.05) is 130 Å². The van der Waals surface area contributed by atoms with Gasteiger partial charge in [0.2, 0.25) is 0 Å². The van der Waals surface area contributed by atoms with E-state index >= 15 is 0 Å². The summed E-state index contributed by atoms with van der Waals surface area (Å²) in [5, 5.41) is 85.8. The Morgan fingerprint density at radius 2 is 0.423 bits per heavy atom. The Hall–Kier alpha value is -10.0. The minimum Gasteiger partial charge on any atom is -0.481 e. The van der Waals surface area contributed by atoms with Crippen LogP contribution in [0.5, 0.6) is 23.0 Å². The summed E-state index contributed by atoms with van der Waals surface area (Å²) in [6, 6.07) is 34.3. The largest absolute Gasteiger partial charge is 0.481 e. The average molecular weight is 1490 g/mol. The smallest absolute Gasteiger partial charge is 0.335 e. The Kier molecular flexibility index (Phi) is 23.7. The second-order valence-corrected chi connectivity index (χ2v) is 32.3. The van der Waals surface area contributed by atoms with Crippen LogP contribution in [0.4, 0.5) is 22.7 Å². The third-order valence-electron chi connectivity index (χ3n) is 16.2.